The second kappa shape index (κ2) is 1.91. The van der Waals surface area contributed by atoms with E-state index >= 15 is 0 Å². The van der Waals surface area contributed by atoms with Gasteiger partial charge in [-0.3, -0.25) is 4.79 Å². The summed E-state index contributed by atoms with van der Waals surface area (Å²) in [7, 11) is 0. The first-order valence-corrected chi connectivity index (χ1v) is 4.37. The highest BCUT2D eigenvalue weighted by molar-refractivity contribution is 5.96. The number of aliphatic hydroxyl groups is 1. The quantitative estimate of drug-likeness (QED) is 0.579. The number of allylic oxidation sites excluding steroid dienone is 1. The zero-order chi connectivity index (χ0) is 8.29. The molecule has 2 bridgehead atoms. The Labute approximate surface area is 70.0 Å². The molecule has 2 fully saturated rings. The molecule has 0 aromatic carbocycles. The van der Waals surface area contributed by atoms with Gasteiger partial charge in [0.05, 0.1) is 24.0 Å². The molecule has 3 aliphatic rings. The van der Waals surface area contributed by atoms with Gasteiger partial charge in [0, 0.05) is 6.08 Å². The largest absolute Gasteiger partial charge is 0.512 e. The van der Waals surface area contributed by atoms with Crippen LogP contribution in [0.15, 0.2) is 11.8 Å². The molecule has 0 saturated carbocycles. The standard InChI is InChI=1S/C9H10O3/c10-4-3-5(11)9-7-2-1-6(12-7)8(4)9/h3,6-10H,1-2H2. The van der Waals surface area contributed by atoms with E-state index in [1.54, 1.807) is 0 Å². The van der Waals surface area contributed by atoms with Crippen molar-refractivity contribution in [1.82, 2.24) is 0 Å². The molecule has 4 unspecified atom stereocenters. The maximum Gasteiger partial charge on any atom is 0.165 e. The van der Waals surface area contributed by atoms with Crippen molar-refractivity contribution in [3.63, 3.8) is 0 Å². The van der Waals surface area contributed by atoms with E-state index in [-0.39, 0.29) is 35.6 Å². The van der Waals surface area contributed by atoms with Crippen molar-refractivity contribution < 1.29 is 14.6 Å². The molecule has 1 aliphatic carbocycles. The molecular weight excluding hydrogens is 156 g/mol. The zero-order valence-corrected chi connectivity index (χ0v) is 6.56. The fourth-order valence-corrected chi connectivity index (χ4v) is 2.75. The smallest absolute Gasteiger partial charge is 0.165 e. The highest BCUT2D eigenvalue weighted by atomic mass is 16.5. The first kappa shape index (κ1) is 6.66. The third-order valence-electron chi connectivity index (χ3n) is 3.23. The van der Waals surface area contributed by atoms with Crippen molar-refractivity contribution in [2.45, 2.75) is 25.0 Å². The number of fused-ring (bicyclic) bond motifs is 5. The first-order valence-electron chi connectivity index (χ1n) is 4.37. The number of carbonyl (C=O) groups is 1. The summed E-state index contributed by atoms with van der Waals surface area (Å²) in [4.78, 5) is 11.3. The Kier molecular flexibility index (Phi) is 1.06. The molecule has 64 valence electrons. The minimum atomic E-state index is -0.0521. The van der Waals surface area contributed by atoms with Crippen molar-refractivity contribution in [2.24, 2.45) is 11.8 Å². The minimum Gasteiger partial charge on any atom is -0.512 e. The number of hydrogen-bond acceptors (Lipinski definition) is 3. The van der Waals surface area contributed by atoms with Crippen LogP contribution >= 0.6 is 0 Å². The summed E-state index contributed by atoms with van der Waals surface area (Å²) >= 11 is 0. The van der Waals surface area contributed by atoms with Gasteiger partial charge in [-0.25, -0.2) is 0 Å². The van der Waals surface area contributed by atoms with Crippen LogP contribution in [-0.2, 0) is 9.53 Å². The highest BCUT2D eigenvalue weighted by Crippen LogP contribution is 2.49. The van der Waals surface area contributed by atoms with Crippen LogP contribution < -0.4 is 0 Å². The Morgan fingerprint density at radius 1 is 1.33 bits per heavy atom. The highest BCUT2D eigenvalue weighted by Gasteiger charge is 2.56. The van der Waals surface area contributed by atoms with Crippen LogP contribution in [0, 0.1) is 11.8 Å². The van der Waals surface area contributed by atoms with Crippen molar-refractivity contribution in [3.8, 4) is 0 Å². The number of aliphatic hydroxyl groups excluding tert-OH is 1. The molecule has 4 atom stereocenters. The van der Waals surface area contributed by atoms with Crippen LogP contribution in [-0.4, -0.2) is 23.1 Å². The number of ether oxygens (including phenoxy) is 1. The van der Waals surface area contributed by atoms with Gasteiger partial charge in [0.1, 0.15) is 5.76 Å². The first-order chi connectivity index (χ1) is 5.77. The van der Waals surface area contributed by atoms with Gasteiger partial charge in [-0.1, -0.05) is 0 Å². The molecule has 1 N–H and O–H groups in total. The number of hydrogen-bond donors (Lipinski definition) is 1. The van der Waals surface area contributed by atoms with Crippen molar-refractivity contribution in [1.29, 1.82) is 0 Å². The lowest BCUT2D eigenvalue weighted by Gasteiger charge is -2.19. The van der Waals surface area contributed by atoms with Gasteiger partial charge in [0.2, 0.25) is 0 Å². The topological polar surface area (TPSA) is 46.5 Å². The van der Waals surface area contributed by atoms with Gasteiger partial charge in [-0.15, -0.1) is 0 Å². The molecule has 0 amide bonds. The summed E-state index contributed by atoms with van der Waals surface area (Å²) < 4.78 is 5.56. The summed E-state index contributed by atoms with van der Waals surface area (Å²) in [5.41, 5.74) is 0. The van der Waals surface area contributed by atoms with Crippen LogP contribution in [0.2, 0.25) is 0 Å². The number of ketones is 1. The van der Waals surface area contributed by atoms with Gasteiger partial charge in [-0.05, 0) is 12.8 Å². The van der Waals surface area contributed by atoms with Gasteiger partial charge in [0.15, 0.2) is 5.78 Å². The average molecular weight is 166 g/mol. The molecule has 2 aliphatic heterocycles. The Morgan fingerprint density at radius 2 is 2.00 bits per heavy atom. The van der Waals surface area contributed by atoms with E-state index in [0.717, 1.165) is 12.8 Å². The lowest BCUT2D eigenvalue weighted by molar-refractivity contribution is -0.119. The Morgan fingerprint density at radius 3 is 2.67 bits per heavy atom. The van der Waals surface area contributed by atoms with Crippen LogP contribution in [0.4, 0.5) is 0 Å². The number of rotatable bonds is 0. The summed E-state index contributed by atoms with van der Waals surface area (Å²) in [6.45, 7) is 0. The molecule has 12 heavy (non-hydrogen) atoms. The summed E-state index contributed by atoms with van der Waals surface area (Å²) in [5, 5.41) is 9.45. The lowest BCUT2D eigenvalue weighted by Crippen LogP contribution is -2.28. The minimum absolute atomic E-state index is 0.00347. The van der Waals surface area contributed by atoms with E-state index in [2.05, 4.69) is 0 Å². The normalized spacial score (nSPS) is 49.7. The molecule has 3 rings (SSSR count). The fraction of sp³-hybridized carbons (Fsp3) is 0.667. The molecule has 0 spiro atoms. The van der Waals surface area contributed by atoms with E-state index in [9.17, 15) is 9.90 Å². The fourth-order valence-electron chi connectivity index (χ4n) is 2.75. The maximum absolute atomic E-state index is 11.3. The SMILES string of the molecule is O=C1C=C(O)C2C3CCC(O3)C12. The third kappa shape index (κ3) is 0.591. The Hall–Kier alpha value is -0.830. The summed E-state index contributed by atoms with van der Waals surface area (Å²) in [6.07, 6.45) is 3.56. The van der Waals surface area contributed by atoms with E-state index in [4.69, 9.17) is 4.74 Å². The van der Waals surface area contributed by atoms with Crippen molar-refractivity contribution in [3.05, 3.63) is 11.8 Å². The van der Waals surface area contributed by atoms with Crippen LogP contribution in [0.1, 0.15) is 12.8 Å². The predicted octanol–water partition coefficient (Wildman–Crippen LogP) is 0.805. The van der Waals surface area contributed by atoms with Gasteiger partial charge in [-0.2, -0.15) is 0 Å². The van der Waals surface area contributed by atoms with Crippen LogP contribution in [0.3, 0.4) is 0 Å². The van der Waals surface area contributed by atoms with E-state index < -0.39 is 0 Å². The zero-order valence-electron chi connectivity index (χ0n) is 6.56. The lowest BCUT2D eigenvalue weighted by atomic mass is 9.80. The van der Waals surface area contributed by atoms with E-state index in [0.29, 0.717) is 0 Å². The molecule has 3 heteroatoms. The summed E-state index contributed by atoms with van der Waals surface area (Å²) in [6, 6.07) is 0. The summed E-state index contributed by atoms with van der Waals surface area (Å²) in [5.74, 6) is 0.252. The van der Waals surface area contributed by atoms with Gasteiger partial charge < -0.3 is 9.84 Å². The second-order valence-electron chi connectivity index (χ2n) is 3.81. The molecule has 2 saturated heterocycles. The Bertz CT molecular complexity index is 281. The van der Waals surface area contributed by atoms with Crippen molar-refractivity contribution in [2.75, 3.05) is 0 Å². The third-order valence-corrected chi connectivity index (χ3v) is 3.23. The maximum atomic E-state index is 11.3. The molecular formula is C9H10O3. The predicted molar refractivity (Wildman–Crippen MR) is 40.6 cm³/mol. The number of carbonyl (C=O) groups excluding carboxylic acids is 1. The van der Waals surface area contributed by atoms with E-state index in [1.807, 2.05) is 0 Å². The van der Waals surface area contributed by atoms with Gasteiger partial charge in [0.25, 0.3) is 0 Å². The second-order valence-corrected chi connectivity index (χ2v) is 3.81. The molecule has 2 heterocycles. The monoisotopic (exact) mass is 166 g/mol. The van der Waals surface area contributed by atoms with Crippen LogP contribution in [0.5, 0.6) is 0 Å². The van der Waals surface area contributed by atoms with Crippen molar-refractivity contribution >= 4 is 5.78 Å². The molecule has 0 radical (unpaired) electrons. The molecule has 0 aromatic heterocycles. The van der Waals surface area contributed by atoms with Gasteiger partial charge >= 0.3 is 0 Å². The van der Waals surface area contributed by atoms with Crippen LogP contribution in [0.25, 0.3) is 0 Å². The average Bonchev–Trinajstić information content (AvgIpc) is 2.64. The molecule has 0 aromatic rings. The van der Waals surface area contributed by atoms with E-state index in [1.165, 1.54) is 6.08 Å². The Balaban J connectivity index is 2.03. The molecule has 3 nitrogen and oxygen atoms in total.